The van der Waals surface area contributed by atoms with Crippen molar-refractivity contribution in [1.29, 1.82) is 0 Å². The van der Waals surface area contributed by atoms with Gasteiger partial charge in [0.05, 0.1) is 23.1 Å². The van der Waals surface area contributed by atoms with Crippen molar-refractivity contribution in [2.45, 2.75) is 26.4 Å². The van der Waals surface area contributed by atoms with E-state index >= 15 is 0 Å². The Morgan fingerprint density at radius 1 is 1.06 bits per heavy atom. The minimum absolute atomic E-state index is 0.270. The Kier molecular flexibility index (Phi) is 5.22. The van der Waals surface area contributed by atoms with Crippen molar-refractivity contribution in [2.75, 3.05) is 5.32 Å². The zero-order valence-corrected chi connectivity index (χ0v) is 18.3. The van der Waals surface area contributed by atoms with E-state index in [0.29, 0.717) is 29.1 Å². The van der Waals surface area contributed by atoms with Crippen molar-refractivity contribution >= 4 is 17.6 Å². The molecule has 7 nitrogen and oxygen atoms in total. The number of pyridine rings is 1. The van der Waals surface area contributed by atoms with Crippen LogP contribution < -0.4 is 5.32 Å². The van der Waals surface area contributed by atoms with E-state index in [0.717, 1.165) is 22.5 Å². The molecule has 2 aromatic heterocycles. The monoisotopic (exact) mass is 438 g/mol. The summed E-state index contributed by atoms with van der Waals surface area (Å²) in [5.41, 5.74) is 5.17. The molecule has 5 rings (SSSR count). The quantitative estimate of drug-likeness (QED) is 0.471. The number of ether oxygens (including phenoxy) is 1. The molecule has 1 atom stereocenters. The van der Waals surface area contributed by atoms with Gasteiger partial charge < -0.3 is 10.1 Å². The van der Waals surface area contributed by atoms with Crippen molar-refractivity contribution in [1.82, 2.24) is 14.8 Å². The van der Waals surface area contributed by atoms with E-state index in [4.69, 9.17) is 4.74 Å². The van der Waals surface area contributed by atoms with Gasteiger partial charge in [-0.25, -0.2) is 14.5 Å². The maximum absolute atomic E-state index is 12.9. The molecule has 0 saturated carbocycles. The standard InChI is InChI=1S/C26H22N4O3/c1-16-12-17(2)30(29-16)24-11-9-21(15-27-24)28-25(31)19-8-10-22-20(13-19)14-23(33-26(22)32)18-6-4-3-5-7-18/h3-13,15,23H,14H2,1-2H3,(H,28,31). The van der Waals surface area contributed by atoms with Crippen molar-refractivity contribution in [3.8, 4) is 5.82 Å². The molecule has 1 aliphatic heterocycles. The Morgan fingerprint density at radius 2 is 1.88 bits per heavy atom. The number of carbonyl (C=O) groups is 2. The van der Waals surface area contributed by atoms with Gasteiger partial charge in [-0.3, -0.25) is 4.79 Å². The number of amides is 1. The minimum Gasteiger partial charge on any atom is -0.454 e. The molecular formula is C26H22N4O3. The lowest BCUT2D eigenvalue weighted by atomic mass is 9.93. The number of esters is 1. The van der Waals surface area contributed by atoms with E-state index in [1.165, 1.54) is 0 Å². The summed E-state index contributed by atoms with van der Waals surface area (Å²) in [5.74, 6) is 0.0347. The van der Waals surface area contributed by atoms with Gasteiger partial charge in [-0.1, -0.05) is 30.3 Å². The molecular weight excluding hydrogens is 416 g/mol. The second-order valence-corrected chi connectivity index (χ2v) is 8.08. The summed E-state index contributed by atoms with van der Waals surface area (Å²) in [5, 5.41) is 7.29. The maximum atomic E-state index is 12.9. The van der Waals surface area contributed by atoms with E-state index < -0.39 is 0 Å². The van der Waals surface area contributed by atoms with Crippen LogP contribution in [-0.2, 0) is 11.2 Å². The van der Waals surface area contributed by atoms with Crippen LogP contribution in [0.1, 0.15) is 49.3 Å². The van der Waals surface area contributed by atoms with Gasteiger partial charge >= 0.3 is 5.97 Å². The molecule has 1 amide bonds. The summed E-state index contributed by atoms with van der Waals surface area (Å²) in [6.07, 6.45) is 1.76. The Labute approximate surface area is 191 Å². The average Bonchev–Trinajstić information content (AvgIpc) is 3.17. The highest BCUT2D eigenvalue weighted by Gasteiger charge is 2.28. The van der Waals surface area contributed by atoms with Crippen LogP contribution in [0.15, 0.2) is 72.9 Å². The predicted molar refractivity (Wildman–Crippen MR) is 124 cm³/mol. The number of aromatic nitrogens is 3. The van der Waals surface area contributed by atoms with Crippen LogP contribution >= 0.6 is 0 Å². The Morgan fingerprint density at radius 3 is 2.58 bits per heavy atom. The molecule has 1 unspecified atom stereocenters. The lowest BCUT2D eigenvalue weighted by Crippen LogP contribution is -2.23. The van der Waals surface area contributed by atoms with E-state index in [1.807, 2.05) is 56.3 Å². The van der Waals surface area contributed by atoms with E-state index in [2.05, 4.69) is 15.4 Å². The molecule has 1 aliphatic rings. The third kappa shape index (κ3) is 4.13. The van der Waals surface area contributed by atoms with Crippen LogP contribution in [0.2, 0.25) is 0 Å². The summed E-state index contributed by atoms with van der Waals surface area (Å²) in [6, 6.07) is 20.2. The number of rotatable bonds is 4. The summed E-state index contributed by atoms with van der Waals surface area (Å²) >= 11 is 0. The molecule has 4 aromatic rings. The molecule has 0 radical (unpaired) electrons. The zero-order valence-electron chi connectivity index (χ0n) is 18.3. The van der Waals surface area contributed by atoms with Crippen LogP contribution in [0.4, 0.5) is 5.69 Å². The number of anilines is 1. The third-order valence-corrected chi connectivity index (χ3v) is 5.65. The van der Waals surface area contributed by atoms with Gasteiger partial charge in [0, 0.05) is 17.7 Å². The fraction of sp³-hybridized carbons (Fsp3) is 0.154. The largest absolute Gasteiger partial charge is 0.454 e. The molecule has 0 saturated heterocycles. The number of aryl methyl sites for hydroxylation is 2. The molecule has 7 heteroatoms. The normalized spacial score (nSPS) is 15.0. The van der Waals surface area contributed by atoms with Crippen LogP contribution in [0.3, 0.4) is 0 Å². The number of benzene rings is 2. The first-order chi connectivity index (χ1) is 16.0. The first-order valence-corrected chi connectivity index (χ1v) is 10.7. The highest BCUT2D eigenvalue weighted by Crippen LogP contribution is 2.31. The van der Waals surface area contributed by atoms with E-state index in [9.17, 15) is 9.59 Å². The molecule has 164 valence electrons. The fourth-order valence-corrected chi connectivity index (χ4v) is 4.04. The Hall–Kier alpha value is -4.26. The second kappa shape index (κ2) is 8.35. The molecule has 3 heterocycles. The van der Waals surface area contributed by atoms with Gasteiger partial charge in [0.2, 0.25) is 0 Å². The SMILES string of the molecule is Cc1cc(C)n(-c2ccc(NC(=O)c3ccc4c(c3)CC(c3ccccc3)OC4=O)cn2)n1. The number of fused-ring (bicyclic) bond motifs is 1. The summed E-state index contributed by atoms with van der Waals surface area (Å²) < 4.78 is 7.35. The Bertz CT molecular complexity index is 1340. The van der Waals surface area contributed by atoms with Gasteiger partial charge in [0.25, 0.3) is 5.91 Å². The topological polar surface area (TPSA) is 86.1 Å². The molecule has 0 bridgehead atoms. The summed E-state index contributed by atoms with van der Waals surface area (Å²) in [4.78, 5) is 29.8. The van der Waals surface area contributed by atoms with Gasteiger partial charge in [0.1, 0.15) is 6.10 Å². The first-order valence-electron chi connectivity index (χ1n) is 10.7. The summed E-state index contributed by atoms with van der Waals surface area (Å²) in [6.45, 7) is 3.89. The lowest BCUT2D eigenvalue weighted by molar-refractivity contribution is 0.0252. The molecule has 0 fully saturated rings. The molecule has 0 spiro atoms. The molecule has 1 N–H and O–H groups in total. The number of cyclic esters (lactones) is 1. The Balaban J connectivity index is 1.34. The second-order valence-electron chi connectivity index (χ2n) is 8.08. The molecule has 33 heavy (non-hydrogen) atoms. The smallest absolute Gasteiger partial charge is 0.339 e. The van der Waals surface area contributed by atoms with Crippen molar-refractivity contribution in [3.05, 3.63) is 107 Å². The van der Waals surface area contributed by atoms with Gasteiger partial charge in [-0.2, -0.15) is 5.10 Å². The molecule has 0 aliphatic carbocycles. The van der Waals surface area contributed by atoms with Crippen molar-refractivity contribution < 1.29 is 14.3 Å². The minimum atomic E-state index is -0.374. The third-order valence-electron chi connectivity index (χ3n) is 5.65. The fourth-order valence-electron chi connectivity index (χ4n) is 4.04. The number of nitrogens with zero attached hydrogens (tertiary/aromatic N) is 3. The van der Waals surface area contributed by atoms with E-state index in [1.54, 1.807) is 35.1 Å². The van der Waals surface area contributed by atoms with Crippen LogP contribution in [0.5, 0.6) is 0 Å². The van der Waals surface area contributed by atoms with Gasteiger partial charge in [-0.15, -0.1) is 0 Å². The highest BCUT2D eigenvalue weighted by atomic mass is 16.5. The number of hydrogen-bond donors (Lipinski definition) is 1. The van der Waals surface area contributed by atoms with Crippen molar-refractivity contribution in [2.24, 2.45) is 0 Å². The molecule has 2 aromatic carbocycles. The average molecular weight is 438 g/mol. The maximum Gasteiger partial charge on any atom is 0.339 e. The number of nitrogens with one attached hydrogen (secondary N) is 1. The summed E-state index contributed by atoms with van der Waals surface area (Å²) in [7, 11) is 0. The number of carbonyl (C=O) groups excluding carboxylic acids is 2. The predicted octanol–water partition coefficient (Wildman–Crippen LogP) is 4.59. The van der Waals surface area contributed by atoms with Crippen LogP contribution in [-0.4, -0.2) is 26.6 Å². The van der Waals surface area contributed by atoms with Gasteiger partial charge in [0.15, 0.2) is 5.82 Å². The first kappa shape index (κ1) is 20.6. The van der Waals surface area contributed by atoms with Crippen LogP contribution in [0, 0.1) is 13.8 Å². The lowest BCUT2D eigenvalue weighted by Gasteiger charge is -2.25. The zero-order chi connectivity index (χ0) is 22.9. The van der Waals surface area contributed by atoms with Crippen molar-refractivity contribution in [3.63, 3.8) is 0 Å². The number of hydrogen-bond acceptors (Lipinski definition) is 5. The van der Waals surface area contributed by atoms with E-state index in [-0.39, 0.29) is 18.0 Å². The highest BCUT2D eigenvalue weighted by molar-refractivity contribution is 6.05. The van der Waals surface area contributed by atoms with Crippen LogP contribution in [0.25, 0.3) is 5.82 Å². The van der Waals surface area contributed by atoms with Gasteiger partial charge in [-0.05, 0) is 61.4 Å².